The number of ether oxygens (including phenoxy) is 1. The number of pyridine rings is 1. The number of aromatic nitrogens is 1. The average molecular weight is 346 g/mol. The minimum absolute atomic E-state index is 0.0161. The summed E-state index contributed by atoms with van der Waals surface area (Å²) in [4.78, 5) is 18.7. The molecule has 2 heterocycles. The van der Waals surface area contributed by atoms with Crippen LogP contribution in [0.2, 0.25) is 5.02 Å². The number of hydrogen-bond donors (Lipinski definition) is 1. The monoisotopic (exact) mass is 345 g/mol. The van der Waals surface area contributed by atoms with Gasteiger partial charge in [0.15, 0.2) is 0 Å². The van der Waals surface area contributed by atoms with Gasteiger partial charge in [-0.3, -0.25) is 4.79 Å². The lowest BCUT2D eigenvalue weighted by atomic mass is 10.1. The van der Waals surface area contributed by atoms with Gasteiger partial charge >= 0.3 is 0 Å². The molecule has 3 rings (SSSR count). The second-order valence-electron chi connectivity index (χ2n) is 5.75. The number of benzene rings is 1. The highest BCUT2D eigenvalue weighted by atomic mass is 35.5. The smallest absolute Gasteiger partial charge is 0.255 e. The van der Waals surface area contributed by atoms with E-state index in [2.05, 4.69) is 10.3 Å². The average Bonchev–Trinajstić information content (AvgIpc) is 2.63. The standard InChI is InChI=1S/C18H20ClN3O2/c1-20-17-9-8-13(11-21-17)18(23)22-10-4-5-14(12-22)24-16-7-3-2-6-15(16)19/h2-3,6-9,11,14H,4-5,10,12H2,1H3,(H,20,21). The first-order valence-corrected chi connectivity index (χ1v) is 8.39. The fourth-order valence-corrected chi connectivity index (χ4v) is 2.97. The summed E-state index contributed by atoms with van der Waals surface area (Å²) in [6.07, 6.45) is 3.37. The zero-order chi connectivity index (χ0) is 16.9. The van der Waals surface area contributed by atoms with E-state index < -0.39 is 0 Å². The minimum atomic E-state index is -0.0489. The van der Waals surface area contributed by atoms with Crippen molar-refractivity contribution in [2.45, 2.75) is 18.9 Å². The number of hydrogen-bond acceptors (Lipinski definition) is 4. The largest absolute Gasteiger partial charge is 0.487 e. The molecule has 1 N–H and O–H groups in total. The molecule has 1 aromatic carbocycles. The number of carbonyl (C=O) groups excluding carboxylic acids is 1. The quantitative estimate of drug-likeness (QED) is 0.922. The summed E-state index contributed by atoms with van der Waals surface area (Å²) in [6, 6.07) is 11.0. The molecule has 126 valence electrons. The number of nitrogens with one attached hydrogen (secondary N) is 1. The van der Waals surface area contributed by atoms with Crippen molar-refractivity contribution in [3.63, 3.8) is 0 Å². The van der Waals surface area contributed by atoms with Crippen LogP contribution in [0.25, 0.3) is 0 Å². The van der Waals surface area contributed by atoms with Crippen LogP contribution in [0.15, 0.2) is 42.6 Å². The number of para-hydroxylation sites is 1. The van der Waals surface area contributed by atoms with Crippen LogP contribution in [0.3, 0.4) is 0 Å². The zero-order valence-corrected chi connectivity index (χ0v) is 14.3. The molecular weight excluding hydrogens is 326 g/mol. The Morgan fingerprint density at radius 2 is 2.17 bits per heavy atom. The molecule has 0 spiro atoms. The van der Waals surface area contributed by atoms with Gasteiger partial charge in [-0.2, -0.15) is 0 Å². The Morgan fingerprint density at radius 1 is 1.33 bits per heavy atom. The summed E-state index contributed by atoms with van der Waals surface area (Å²) in [5, 5.41) is 3.53. The summed E-state index contributed by atoms with van der Waals surface area (Å²) in [6.45, 7) is 1.28. The van der Waals surface area contributed by atoms with Gasteiger partial charge < -0.3 is 15.0 Å². The zero-order valence-electron chi connectivity index (χ0n) is 13.5. The molecule has 0 saturated carbocycles. The number of carbonyl (C=O) groups is 1. The highest BCUT2D eigenvalue weighted by molar-refractivity contribution is 6.32. The van der Waals surface area contributed by atoms with E-state index >= 15 is 0 Å². The molecule has 24 heavy (non-hydrogen) atoms. The molecule has 6 heteroatoms. The maximum atomic E-state index is 12.6. The highest BCUT2D eigenvalue weighted by Gasteiger charge is 2.26. The Kier molecular flexibility index (Phi) is 5.20. The first-order chi connectivity index (χ1) is 11.7. The lowest BCUT2D eigenvalue weighted by molar-refractivity contribution is 0.0538. The molecule has 0 bridgehead atoms. The van der Waals surface area contributed by atoms with Crippen LogP contribution in [0.4, 0.5) is 5.82 Å². The van der Waals surface area contributed by atoms with E-state index in [1.165, 1.54) is 0 Å². The maximum Gasteiger partial charge on any atom is 0.255 e. The van der Waals surface area contributed by atoms with Crippen LogP contribution in [0.1, 0.15) is 23.2 Å². The number of rotatable bonds is 4. The number of likely N-dealkylation sites (tertiary alicyclic amines) is 1. The van der Waals surface area contributed by atoms with Gasteiger partial charge in [-0.05, 0) is 37.1 Å². The van der Waals surface area contributed by atoms with E-state index in [4.69, 9.17) is 16.3 Å². The third kappa shape index (κ3) is 3.79. The van der Waals surface area contributed by atoms with Gasteiger partial charge in [-0.1, -0.05) is 23.7 Å². The molecule has 2 aromatic rings. The molecule has 1 unspecified atom stereocenters. The third-order valence-corrected chi connectivity index (χ3v) is 4.37. The van der Waals surface area contributed by atoms with Crippen LogP contribution in [-0.2, 0) is 0 Å². The fraction of sp³-hybridized carbons (Fsp3) is 0.333. The van der Waals surface area contributed by atoms with Crippen LogP contribution >= 0.6 is 11.6 Å². The molecule has 5 nitrogen and oxygen atoms in total. The van der Waals surface area contributed by atoms with Crippen molar-refractivity contribution in [2.75, 3.05) is 25.5 Å². The van der Waals surface area contributed by atoms with E-state index in [0.29, 0.717) is 22.9 Å². The molecule has 1 aromatic heterocycles. The van der Waals surface area contributed by atoms with Crippen molar-refractivity contribution in [1.82, 2.24) is 9.88 Å². The van der Waals surface area contributed by atoms with Crippen molar-refractivity contribution in [3.05, 3.63) is 53.2 Å². The molecule has 1 aliphatic rings. The second-order valence-corrected chi connectivity index (χ2v) is 6.15. The summed E-state index contributed by atoms with van der Waals surface area (Å²) >= 11 is 6.15. The summed E-state index contributed by atoms with van der Waals surface area (Å²) in [5.74, 6) is 1.39. The van der Waals surface area contributed by atoms with Crippen molar-refractivity contribution < 1.29 is 9.53 Å². The summed E-state index contributed by atoms with van der Waals surface area (Å²) < 4.78 is 5.99. The Labute approximate surface area is 146 Å². The highest BCUT2D eigenvalue weighted by Crippen LogP contribution is 2.26. The topological polar surface area (TPSA) is 54.5 Å². The number of nitrogens with zero attached hydrogens (tertiary/aromatic N) is 2. The molecule has 0 radical (unpaired) electrons. The van der Waals surface area contributed by atoms with Gasteiger partial charge in [0, 0.05) is 19.8 Å². The van der Waals surface area contributed by atoms with Gasteiger partial charge in [-0.25, -0.2) is 4.98 Å². The molecule has 1 saturated heterocycles. The Balaban J connectivity index is 1.66. The first kappa shape index (κ1) is 16.6. The van der Waals surface area contributed by atoms with Crippen molar-refractivity contribution >= 4 is 23.3 Å². The fourth-order valence-electron chi connectivity index (χ4n) is 2.79. The summed E-state index contributed by atoms with van der Waals surface area (Å²) in [5.41, 5.74) is 0.590. The van der Waals surface area contributed by atoms with E-state index in [1.807, 2.05) is 23.1 Å². The van der Waals surface area contributed by atoms with E-state index in [0.717, 1.165) is 25.2 Å². The van der Waals surface area contributed by atoms with Crippen LogP contribution in [0.5, 0.6) is 5.75 Å². The Hall–Kier alpha value is -2.27. The van der Waals surface area contributed by atoms with Gasteiger partial charge in [0.05, 0.1) is 17.1 Å². The lowest BCUT2D eigenvalue weighted by Gasteiger charge is -2.33. The number of piperidine rings is 1. The van der Waals surface area contributed by atoms with E-state index in [-0.39, 0.29) is 12.0 Å². The number of amides is 1. The van der Waals surface area contributed by atoms with Crippen molar-refractivity contribution in [3.8, 4) is 5.75 Å². The molecule has 1 fully saturated rings. The van der Waals surface area contributed by atoms with Crippen molar-refractivity contribution in [1.29, 1.82) is 0 Å². The van der Waals surface area contributed by atoms with Gasteiger partial charge in [0.25, 0.3) is 5.91 Å². The second kappa shape index (κ2) is 7.53. The predicted octanol–water partition coefficient (Wildman–Crippen LogP) is 3.46. The molecule has 1 amide bonds. The molecule has 1 atom stereocenters. The SMILES string of the molecule is CNc1ccc(C(=O)N2CCCC(Oc3ccccc3Cl)C2)cn1. The first-order valence-electron chi connectivity index (χ1n) is 8.01. The molecule has 1 aliphatic heterocycles. The van der Waals surface area contributed by atoms with Gasteiger partial charge in [-0.15, -0.1) is 0 Å². The molecule has 0 aliphatic carbocycles. The Morgan fingerprint density at radius 3 is 2.88 bits per heavy atom. The van der Waals surface area contributed by atoms with Crippen molar-refractivity contribution in [2.24, 2.45) is 0 Å². The van der Waals surface area contributed by atoms with Gasteiger partial charge in [0.2, 0.25) is 0 Å². The lowest BCUT2D eigenvalue weighted by Crippen LogP contribution is -2.44. The van der Waals surface area contributed by atoms with E-state index in [9.17, 15) is 4.79 Å². The van der Waals surface area contributed by atoms with E-state index in [1.54, 1.807) is 31.4 Å². The van der Waals surface area contributed by atoms with Gasteiger partial charge in [0.1, 0.15) is 17.7 Å². The van der Waals surface area contributed by atoms with Crippen LogP contribution < -0.4 is 10.1 Å². The number of anilines is 1. The van der Waals surface area contributed by atoms with Crippen LogP contribution in [0, 0.1) is 0 Å². The third-order valence-electron chi connectivity index (χ3n) is 4.06. The maximum absolute atomic E-state index is 12.6. The molecular formula is C18H20ClN3O2. The summed E-state index contributed by atoms with van der Waals surface area (Å²) in [7, 11) is 1.80. The Bertz CT molecular complexity index is 706. The predicted molar refractivity (Wildman–Crippen MR) is 94.8 cm³/mol. The number of halogens is 1. The normalized spacial score (nSPS) is 17.4. The van der Waals surface area contributed by atoms with Crippen LogP contribution in [-0.4, -0.2) is 42.0 Å². The minimum Gasteiger partial charge on any atom is -0.487 e.